The minimum atomic E-state index is -0.338. The van der Waals surface area contributed by atoms with Crippen LogP contribution in [0.4, 0.5) is 15.8 Å². The highest BCUT2D eigenvalue weighted by molar-refractivity contribution is 9.10. The zero-order valence-corrected chi connectivity index (χ0v) is 14.2. The van der Waals surface area contributed by atoms with E-state index >= 15 is 0 Å². The van der Waals surface area contributed by atoms with Crippen molar-refractivity contribution in [2.75, 3.05) is 17.3 Å². The molecule has 0 saturated heterocycles. The van der Waals surface area contributed by atoms with Crippen LogP contribution in [0, 0.1) is 11.7 Å². The molecule has 0 spiro atoms. The first-order valence-electron chi connectivity index (χ1n) is 6.71. The maximum atomic E-state index is 14.1. The van der Waals surface area contributed by atoms with Gasteiger partial charge in [-0.3, -0.25) is 4.79 Å². The van der Waals surface area contributed by atoms with E-state index < -0.39 is 0 Å². The number of anilines is 2. The number of alkyl halides is 1. The van der Waals surface area contributed by atoms with Crippen LogP contribution in [0.15, 0.2) is 18.2 Å². The summed E-state index contributed by atoms with van der Waals surface area (Å²) in [6.07, 6.45) is 0. The van der Waals surface area contributed by atoms with Gasteiger partial charge in [0.05, 0.1) is 10.5 Å². The zero-order valence-electron chi connectivity index (χ0n) is 12.6. The maximum absolute atomic E-state index is 14.1. The third-order valence-electron chi connectivity index (χ3n) is 3.21. The van der Waals surface area contributed by atoms with Gasteiger partial charge >= 0.3 is 0 Å². The molecule has 0 aliphatic rings. The molecule has 0 aliphatic heterocycles. The summed E-state index contributed by atoms with van der Waals surface area (Å²) < 4.78 is 14.1. The number of hydrogen-bond acceptors (Lipinski definition) is 2. The average Bonchev–Trinajstić information content (AvgIpc) is 2.36. The van der Waals surface area contributed by atoms with Crippen LogP contribution < -0.4 is 10.2 Å². The number of hydrogen-bond donors (Lipinski definition) is 1. The number of nitrogens with zero attached hydrogens (tertiary/aromatic N) is 1. The summed E-state index contributed by atoms with van der Waals surface area (Å²) in [5, 5.41) is 2.71. The monoisotopic (exact) mass is 344 g/mol. The summed E-state index contributed by atoms with van der Waals surface area (Å²) in [4.78, 5) is 13.5. The Hall–Kier alpha value is -1.10. The Kier molecular flexibility index (Phi) is 5.99. The second-order valence-corrected chi connectivity index (χ2v) is 6.49. The van der Waals surface area contributed by atoms with Gasteiger partial charge in [0.1, 0.15) is 5.82 Å². The maximum Gasteiger partial charge on any atom is 0.238 e. The van der Waals surface area contributed by atoms with Gasteiger partial charge in [-0.2, -0.15) is 0 Å². The van der Waals surface area contributed by atoms with E-state index in [1.54, 1.807) is 12.1 Å². The molecule has 1 amide bonds. The molecule has 0 fully saturated rings. The van der Waals surface area contributed by atoms with Gasteiger partial charge in [0.2, 0.25) is 5.91 Å². The lowest BCUT2D eigenvalue weighted by molar-refractivity contribution is -0.116. The fraction of sp³-hybridized carbons (Fsp3) is 0.533. The van der Waals surface area contributed by atoms with E-state index in [0.717, 1.165) is 0 Å². The van der Waals surface area contributed by atoms with Crippen LogP contribution in [0.3, 0.4) is 0 Å². The van der Waals surface area contributed by atoms with E-state index in [0.29, 0.717) is 11.4 Å². The molecule has 1 aromatic rings. The van der Waals surface area contributed by atoms with Gasteiger partial charge in [-0.25, -0.2) is 4.39 Å². The lowest BCUT2D eigenvalue weighted by atomic mass is 10.1. The Morgan fingerprint density at radius 3 is 2.35 bits per heavy atom. The molecule has 0 radical (unpaired) electrons. The molecule has 1 N–H and O–H groups in total. The quantitative estimate of drug-likeness (QED) is 0.818. The third-order valence-corrected chi connectivity index (χ3v) is 4.68. The summed E-state index contributed by atoms with van der Waals surface area (Å²) in [6, 6.07) is 4.96. The minimum Gasteiger partial charge on any atom is -0.370 e. The van der Waals surface area contributed by atoms with Gasteiger partial charge in [-0.15, -0.1) is 0 Å². The van der Waals surface area contributed by atoms with E-state index in [9.17, 15) is 9.18 Å². The van der Waals surface area contributed by atoms with Crippen LogP contribution in [-0.4, -0.2) is 23.8 Å². The van der Waals surface area contributed by atoms with E-state index in [-0.39, 0.29) is 28.5 Å². The Labute approximate surface area is 128 Å². The number of carbonyl (C=O) groups excluding carboxylic acids is 1. The van der Waals surface area contributed by atoms with Gasteiger partial charge in [0, 0.05) is 18.8 Å². The van der Waals surface area contributed by atoms with Crippen LogP contribution >= 0.6 is 15.9 Å². The third kappa shape index (κ3) is 4.20. The van der Waals surface area contributed by atoms with Crippen molar-refractivity contribution in [2.24, 2.45) is 5.92 Å². The zero-order chi connectivity index (χ0) is 15.4. The summed E-state index contributed by atoms with van der Waals surface area (Å²) in [6.45, 7) is 7.88. The van der Waals surface area contributed by atoms with Crippen LogP contribution in [0.2, 0.25) is 0 Å². The van der Waals surface area contributed by atoms with Gasteiger partial charge in [-0.1, -0.05) is 29.8 Å². The molecule has 1 rings (SSSR count). The highest BCUT2D eigenvalue weighted by Gasteiger charge is 2.19. The normalized spacial score (nSPS) is 12.7. The van der Waals surface area contributed by atoms with E-state index in [4.69, 9.17) is 0 Å². The molecular weight excluding hydrogens is 323 g/mol. The van der Waals surface area contributed by atoms with Crippen molar-refractivity contribution in [2.45, 2.75) is 38.6 Å². The standard InChI is InChI=1S/C15H22BrFN2O/c1-9(2)14(16)15(20)18-11-6-7-13(12(17)8-11)19(5)10(3)4/h6-10,14H,1-5H3,(H,18,20). The minimum absolute atomic E-state index is 0.163. The van der Waals surface area contributed by atoms with Gasteiger partial charge in [0.15, 0.2) is 0 Å². The molecule has 1 aromatic carbocycles. The summed E-state index contributed by atoms with van der Waals surface area (Å²) >= 11 is 3.33. The van der Waals surface area contributed by atoms with Crippen LogP contribution in [0.25, 0.3) is 0 Å². The molecule has 5 heteroatoms. The number of amides is 1. The first kappa shape index (κ1) is 17.0. The van der Waals surface area contributed by atoms with Crippen LogP contribution in [-0.2, 0) is 4.79 Å². The molecule has 1 unspecified atom stereocenters. The number of rotatable bonds is 5. The van der Waals surface area contributed by atoms with E-state index in [1.165, 1.54) is 6.07 Å². The van der Waals surface area contributed by atoms with Gasteiger partial charge < -0.3 is 10.2 Å². The topological polar surface area (TPSA) is 32.3 Å². The van der Waals surface area contributed by atoms with Gasteiger partial charge in [0.25, 0.3) is 0 Å². The van der Waals surface area contributed by atoms with E-state index in [1.807, 2.05) is 39.6 Å². The van der Waals surface area contributed by atoms with Crippen LogP contribution in [0.5, 0.6) is 0 Å². The number of carbonyl (C=O) groups is 1. The summed E-state index contributed by atoms with van der Waals surface area (Å²) in [5.41, 5.74) is 0.996. The predicted octanol–water partition coefficient (Wildman–Crippen LogP) is 4.03. The molecule has 20 heavy (non-hydrogen) atoms. The number of benzene rings is 1. The lowest BCUT2D eigenvalue weighted by Gasteiger charge is -2.24. The smallest absolute Gasteiger partial charge is 0.238 e. The first-order valence-corrected chi connectivity index (χ1v) is 7.63. The number of nitrogens with one attached hydrogen (secondary N) is 1. The van der Waals surface area contributed by atoms with Crippen molar-refractivity contribution in [3.8, 4) is 0 Å². The van der Waals surface area contributed by atoms with Crippen molar-refractivity contribution in [1.82, 2.24) is 0 Å². The molecule has 0 aromatic heterocycles. The molecule has 112 valence electrons. The highest BCUT2D eigenvalue weighted by atomic mass is 79.9. The fourth-order valence-electron chi connectivity index (χ4n) is 1.66. The predicted molar refractivity (Wildman–Crippen MR) is 86.1 cm³/mol. The Morgan fingerprint density at radius 2 is 1.90 bits per heavy atom. The Morgan fingerprint density at radius 1 is 1.30 bits per heavy atom. The van der Waals surface area contributed by atoms with Crippen molar-refractivity contribution >= 4 is 33.2 Å². The largest absolute Gasteiger partial charge is 0.370 e. The molecular formula is C15H22BrFN2O. The van der Waals surface area contributed by atoms with Crippen molar-refractivity contribution < 1.29 is 9.18 Å². The lowest BCUT2D eigenvalue weighted by Crippen LogP contribution is -2.28. The second-order valence-electron chi connectivity index (χ2n) is 5.51. The molecule has 3 nitrogen and oxygen atoms in total. The van der Waals surface area contributed by atoms with Crippen molar-refractivity contribution in [3.05, 3.63) is 24.0 Å². The summed E-state index contributed by atoms with van der Waals surface area (Å²) in [5.74, 6) is -0.328. The SMILES string of the molecule is CC(C)C(Br)C(=O)Nc1ccc(N(C)C(C)C)c(F)c1. The molecule has 0 saturated carbocycles. The number of halogens is 2. The molecule has 1 atom stereocenters. The molecule has 0 heterocycles. The fourth-order valence-corrected chi connectivity index (χ4v) is 1.78. The van der Waals surface area contributed by atoms with Crippen LogP contribution in [0.1, 0.15) is 27.7 Å². The Balaban J connectivity index is 2.85. The first-order chi connectivity index (χ1) is 9.23. The van der Waals surface area contributed by atoms with Gasteiger partial charge in [-0.05, 0) is 38.0 Å². The summed E-state index contributed by atoms with van der Waals surface area (Å²) in [7, 11) is 1.84. The van der Waals surface area contributed by atoms with Crippen molar-refractivity contribution in [1.29, 1.82) is 0 Å². The molecule has 0 aliphatic carbocycles. The average molecular weight is 345 g/mol. The molecule has 0 bridgehead atoms. The second kappa shape index (κ2) is 7.07. The van der Waals surface area contributed by atoms with E-state index in [2.05, 4.69) is 21.2 Å². The van der Waals surface area contributed by atoms with Crippen molar-refractivity contribution in [3.63, 3.8) is 0 Å². The highest BCUT2D eigenvalue weighted by Crippen LogP contribution is 2.24. The Bertz CT molecular complexity index is 477.